The van der Waals surface area contributed by atoms with Gasteiger partial charge in [0.1, 0.15) is 10.9 Å². The second kappa shape index (κ2) is 4.69. The van der Waals surface area contributed by atoms with Gasteiger partial charge in [-0.2, -0.15) is 4.98 Å². The molecule has 0 aliphatic rings. The molecule has 0 bridgehead atoms. The second-order valence-electron chi connectivity index (χ2n) is 3.96. The van der Waals surface area contributed by atoms with Gasteiger partial charge in [-0.25, -0.2) is 9.37 Å². The number of rotatable bonds is 2. The first-order valence-electron chi connectivity index (χ1n) is 5.69. The number of aromatic hydroxyl groups is 1. The maximum absolute atomic E-state index is 13.7. The van der Waals surface area contributed by atoms with Crippen LogP contribution in [0.4, 0.5) is 4.39 Å². The number of hydrogen-bond acceptors (Lipinski definition) is 6. The van der Waals surface area contributed by atoms with Crippen LogP contribution in [-0.2, 0) is 0 Å². The summed E-state index contributed by atoms with van der Waals surface area (Å²) in [6.07, 6.45) is 5.37. The number of halogens is 1. The van der Waals surface area contributed by atoms with Gasteiger partial charge in [0.2, 0.25) is 5.88 Å². The molecule has 0 saturated carbocycles. The van der Waals surface area contributed by atoms with Crippen LogP contribution in [0.1, 0.15) is 0 Å². The highest BCUT2D eigenvalue weighted by Gasteiger charge is 2.15. The number of aromatic nitrogens is 4. The quantitative estimate of drug-likeness (QED) is 0.767. The number of hydrogen-bond donors (Lipinski definition) is 1. The zero-order valence-corrected chi connectivity index (χ0v) is 10.4. The van der Waals surface area contributed by atoms with Crippen molar-refractivity contribution in [2.24, 2.45) is 0 Å². The zero-order valence-electron chi connectivity index (χ0n) is 10.4. The van der Waals surface area contributed by atoms with E-state index < -0.39 is 5.82 Å². The van der Waals surface area contributed by atoms with Crippen LogP contribution in [0.15, 0.2) is 30.9 Å². The molecule has 0 spiro atoms. The summed E-state index contributed by atoms with van der Waals surface area (Å²) in [4.78, 5) is 15.7. The predicted octanol–water partition coefficient (Wildman–Crippen LogP) is 1.94. The third kappa shape index (κ3) is 1.89. The smallest absolute Gasteiger partial charge is 0.226 e. The molecule has 0 aromatic carbocycles. The molecule has 0 saturated heterocycles. The molecule has 0 aliphatic heterocycles. The van der Waals surface area contributed by atoms with Crippen LogP contribution in [0.2, 0.25) is 0 Å². The van der Waals surface area contributed by atoms with E-state index in [-0.39, 0.29) is 17.3 Å². The molecule has 0 amide bonds. The minimum absolute atomic E-state index is 0.0601. The highest BCUT2D eigenvalue weighted by atomic mass is 19.1. The molecule has 3 aromatic heterocycles. The standard InChI is InChI=1S/C13H9FN4O2/c1-20-10-6-16-5-9-11(10)13(19)18-12(17-9)7-2-3-15-4-8(7)14/h2-6H,1H3,(H,17,18,19). The summed E-state index contributed by atoms with van der Waals surface area (Å²) < 4.78 is 18.8. The lowest BCUT2D eigenvalue weighted by Gasteiger charge is -2.07. The molecule has 0 aliphatic carbocycles. The van der Waals surface area contributed by atoms with Crippen molar-refractivity contribution >= 4 is 10.9 Å². The third-order valence-corrected chi connectivity index (χ3v) is 2.79. The van der Waals surface area contributed by atoms with Crippen LogP contribution in [0, 0.1) is 5.82 Å². The molecule has 0 unspecified atom stereocenters. The van der Waals surface area contributed by atoms with Crippen molar-refractivity contribution in [3.63, 3.8) is 0 Å². The Bertz CT molecular complexity index is 794. The van der Waals surface area contributed by atoms with Gasteiger partial charge in [0.15, 0.2) is 17.4 Å². The van der Waals surface area contributed by atoms with Crippen molar-refractivity contribution in [1.82, 2.24) is 19.9 Å². The monoisotopic (exact) mass is 272 g/mol. The van der Waals surface area contributed by atoms with Crippen LogP contribution in [0.5, 0.6) is 11.6 Å². The first kappa shape index (κ1) is 12.2. The van der Waals surface area contributed by atoms with E-state index in [4.69, 9.17) is 4.74 Å². The van der Waals surface area contributed by atoms with Gasteiger partial charge in [0.25, 0.3) is 0 Å². The summed E-state index contributed by atoms with van der Waals surface area (Å²) in [5, 5.41) is 10.4. The van der Waals surface area contributed by atoms with E-state index in [2.05, 4.69) is 19.9 Å². The Morgan fingerprint density at radius 3 is 2.75 bits per heavy atom. The average molecular weight is 272 g/mol. The summed E-state index contributed by atoms with van der Waals surface area (Å²) in [6.45, 7) is 0. The van der Waals surface area contributed by atoms with Crippen molar-refractivity contribution in [1.29, 1.82) is 0 Å². The fourth-order valence-electron chi connectivity index (χ4n) is 1.87. The van der Waals surface area contributed by atoms with Crippen LogP contribution < -0.4 is 4.74 Å². The number of fused-ring (bicyclic) bond motifs is 1. The molecule has 7 heteroatoms. The zero-order chi connectivity index (χ0) is 14.1. The molecule has 1 N–H and O–H groups in total. The Morgan fingerprint density at radius 2 is 2.00 bits per heavy atom. The Hall–Kier alpha value is -2.83. The molecular formula is C13H9FN4O2. The van der Waals surface area contributed by atoms with Gasteiger partial charge in [-0.15, -0.1) is 0 Å². The fourth-order valence-corrected chi connectivity index (χ4v) is 1.87. The van der Waals surface area contributed by atoms with Crippen molar-refractivity contribution in [3.05, 3.63) is 36.7 Å². The summed E-state index contributed by atoms with van der Waals surface area (Å²) in [6, 6.07) is 1.43. The lowest BCUT2D eigenvalue weighted by Crippen LogP contribution is -1.96. The minimum atomic E-state index is -0.567. The molecule has 0 radical (unpaired) electrons. The molecule has 20 heavy (non-hydrogen) atoms. The Kier molecular flexibility index (Phi) is 2.86. The van der Waals surface area contributed by atoms with E-state index in [1.54, 1.807) is 0 Å². The normalized spacial score (nSPS) is 10.7. The molecule has 3 aromatic rings. The van der Waals surface area contributed by atoms with E-state index >= 15 is 0 Å². The van der Waals surface area contributed by atoms with E-state index in [1.165, 1.54) is 31.8 Å². The summed E-state index contributed by atoms with van der Waals surface area (Å²) in [5.74, 6) is -0.450. The SMILES string of the molecule is COc1cncc2nc(-c3ccncc3F)nc(O)c12. The van der Waals surface area contributed by atoms with Crippen LogP contribution in [0.3, 0.4) is 0 Å². The van der Waals surface area contributed by atoms with Gasteiger partial charge in [-0.05, 0) is 6.07 Å². The third-order valence-electron chi connectivity index (χ3n) is 2.79. The first-order valence-corrected chi connectivity index (χ1v) is 5.69. The van der Waals surface area contributed by atoms with Crippen molar-refractivity contribution in [2.45, 2.75) is 0 Å². The average Bonchev–Trinajstić information content (AvgIpc) is 2.46. The second-order valence-corrected chi connectivity index (χ2v) is 3.96. The van der Waals surface area contributed by atoms with Gasteiger partial charge in [-0.3, -0.25) is 9.97 Å². The van der Waals surface area contributed by atoms with E-state index in [0.29, 0.717) is 16.7 Å². The highest BCUT2D eigenvalue weighted by molar-refractivity contribution is 5.89. The summed E-state index contributed by atoms with van der Waals surface area (Å²) in [5.41, 5.74) is 0.517. The van der Waals surface area contributed by atoms with Crippen LogP contribution >= 0.6 is 0 Å². The molecule has 3 rings (SSSR count). The maximum atomic E-state index is 13.7. The molecule has 3 heterocycles. The fraction of sp³-hybridized carbons (Fsp3) is 0.0769. The first-order chi connectivity index (χ1) is 9.70. The Balaban J connectivity index is 2.28. The van der Waals surface area contributed by atoms with Gasteiger partial charge in [0, 0.05) is 6.20 Å². The molecule has 100 valence electrons. The van der Waals surface area contributed by atoms with E-state index in [9.17, 15) is 9.50 Å². The van der Waals surface area contributed by atoms with Gasteiger partial charge >= 0.3 is 0 Å². The molecule has 6 nitrogen and oxygen atoms in total. The maximum Gasteiger partial charge on any atom is 0.226 e. The minimum Gasteiger partial charge on any atom is -0.494 e. The number of pyridine rings is 2. The van der Waals surface area contributed by atoms with Crippen molar-refractivity contribution in [3.8, 4) is 23.0 Å². The lowest BCUT2D eigenvalue weighted by molar-refractivity contribution is 0.412. The number of ether oxygens (including phenoxy) is 1. The molecular weight excluding hydrogens is 263 g/mol. The van der Waals surface area contributed by atoms with Gasteiger partial charge in [0.05, 0.1) is 31.3 Å². The molecule has 0 atom stereocenters. The van der Waals surface area contributed by atoms with E-state index in [1.807, 2.05) is 0 Å². The molecule has 0 fully saturated rings. The Labute approximate surface area is 112 Å². The topological polar surface area (TPSA) is 81.0 Å². The highest BCUT2D eigenvalue weighted by Crippen LogP contribution is 2.32. The van der Waals surface area contributed by atoms with Crippen LogP contribution in [0.25, 0.3) is 22.3 Å². The number of methoxy groups -OCH3 is 1. The summed E-state index contributed by atoms with van der Waals surface area (Å²) >= 11 is 0. The largest absolute Gasteiger partial charge is 0.494 e. The predicted molar refractivity (Wildman–Crippen MR) is 68.7 cm³/mol. The van der Waals surface area contributed by atoms with Crippen LogP contribution in [-0.4, -0.2) is 32.2 Å². The van der Waals surface area contributed by atoms with Crippen molar-refractivity contribution < 1.29 is 14.2 Å². The van der Waals surface area contributed by atoms with Gasteiger partial charge < -0.3 is 9.84 Å². The lowest BCUT2D eigenvalue weighted by atomic mass is 10.2. The van der Waals surface area contributed by atoms with E-state index in [0.717, 1.165) is 6.20 Å². The summed E-state index contributed by atoms with van der Waals surface area (Å²) in [7, 11) is 1.45. The van der Waals surface area contributed by atoms with Crippen molar-refractivity contribution in [2.75, 3.05) is 7.11 Å². The number of nitrogens with zero attached hydrogens (tertiary/aromatic N) is 4. The Morgan fingerprint density at radius 1 is 1.15 bits per heavy atom. The van der Waals surface area contributed by atoms with Gasteiger partial charge in [-0.1, -0.05) is 0 Å².